The first-order chi connectivity index (χ1) is 30.7. The molecule has 10 aromatic carbocycles. The van der Waals surface area contributed by atoms with Crippen molar-refractivity contribution < 1.29 is 8.83 Å². The van der Waals surface area contributed by atoms with Gasteiger partial charge in [0.2, 0.25) is 0 Å². The molecule has 0 saturated heterocycles. The molecule has 0 saturated carbocycles. The van der Waals surface area contributed by atoms with Crippen molar-refractivity contribution in [2.24, 2.45) is 0 Å². The summed E-state index contributed by atoms with van der Waals surface area (Å²) in [6.45, 7) is 0. The predicted molar refractivity (Wildman–Crippen MR) is 258 cm³/mol. The molecule has 0 unspecified atom stereocenters. The molecular formula is C58H36N2O2. The minimum Gasteiger partial charge on any atom is -0.455 e. The molecule has 0 radical (unpaired) electrons. The van der Waals surface area contributed by atoms with Gasteiger partial charge in [0.25, 0.3) is 0 Å². The van der Waals surface area contributed by atoms with Crippen molar-refractivity contribution in [1.82, 2.24) is 4.57 Å². The lowest BCUT2D eigenvalue weighted by atomic mass is 9.98. The molecule has 3 aromatic heterocycles. The van der Waals surface area contributed by atoms with Gasteiger partial charge in [0.05, 0.1) is 16.7 Å². The van der Waals surface area contributed by atoms with E-state index in [1.807, 2.05) is 18.2 Å². The van der Waals surface area contributed by atoms with Crippen molar-refractivity contribution >= 4 is 93.5 Å². The Kier molecular flexibility index (Phi) is 7.57. The summed E-state index contributed by atoms with van der Waals surface area (Å²) < 4.78 is 15.6. The summed E-state index contributed by atoms with van der Waals surface area (Å²) in [4.78, 5) is 2.39. The van der Waals surface area contributed by atoms with Gasteiger partial charge in [-0.1, -0.05) is 152 Å². The molecule has 0 amide bonds. The molecule has 0 spiro atoms. The summed E-state index contributed by atoms with van der Waals surface area (Å²) in [6, 6.07) is 78.0. The van der Waals surface area contributed by atoms with Gasteiger partial charge in [-0.2, -0.15) is 0 Å². The van der Waals surface area contributed by atoms with Gasteiger partial charge in [-0.15, -0.1) is 0 Å². The lowest BCUT2D eigenvalue weighted by Crippen LogP contribution is -2.10. The first-order valence-electron chi connectivity index (χ1n) is 21.1. The molecule has 0 atom stereocenters. The van der Waals surface area contributed by atoms with Crippen LogP contribution >= 0.6 is 0 Å². The summed E-state index contributed by atoms with van der Waals surface area (Å²) in [5, 5.41) is 9.24. The molecule has 3 heterocycles. The number of para-hydroxylation sites is 5. The molecule has 0 bridgehead atoms. The molecule has 4 nitrogen and oxygen atoms in total. The van der Waals surface area contributed by atoms with E-state index in [1.165, 1.54) is 32.6 Å². The maximum Gasteiger partial charge on any atom is 0.143 e. The number of anilines is 3. The minimum atomic E-state index is 0.864. The van der Waals surface area contributed by atoms with E-state index in [-0.39, 0.29) is 0 Å². The highest BCUT2D eigenvalue weighted by Crippen LogP contribution is 2.46. The maximum atomic E-state index is 6.76. The molecule has 13 aromatic rings. The van der Waals surface area contributed by atoms with Gasteiger partial charge in [-0.25, -0.2) is 0 Å². The third-order valence-corrected chi connectivity index (χ3v) is 12.6. The second-order valence-electron chi connectivity index (χ2n) is 16.0. The van der Waals surface area contributed by atoms with E-state index >= 15 is 0 Å². The number of nitrogens with zero attached hydrogens (tertiary/aromatic N) is 2. The van der Waals surface area contributed by atoms with Crippen molar-refractivity contribution in [3.05, 3.63) is 218 Å². The zero-order valence-electron chi connectivity index (χ0n) is 33.5. The Bertz CT molecular complexity index is 3810. The number of hydrogen-bond donors (Lipinski definition) is 0. The Morgan fingerprint density at radius 2 is 0.855 bits per heavy atom. The molecule has 0 fully saturated rings. The second-order valence-corrected chi connectivity index (χ2v) is 16.0. The third-order valence-electron chi connectivity index (χ3n) is 12.6. The fraction of sp³-hybridized carbons (Fsp3) is 0. The van der Waals surface area contributed by atoms with E-state index < -0.39 is 0 Å². The first kappa shape index (κ1) is 34.5. The monoisotopic (exact) mass is 792 g/mol. The van der Waals surface area contributed by atoms with E-state index in [4.69, 9.17) is 8.83 Å². The number of hydrogen-bond acceptors (Lipinski definition) is 3. The van der Waals surface area contributed by atoms with Crippen molar-refractivity contribution in [2.75, 3.05) is 4.90 Å². The van der Waals surface area contributed by atoms with Crippen molar-refractivity contribution in [1.29, 1.82) is 0 Å². The minimum absolute atomic E-state index is 0.864. The van der Waals surface area contributed by atoms with Gasteiger partial charge < -0.3 is 18.3 Å². The van der Waals surface area contributed by atoms with Gasteiger partial charge in [0, 0.05) is 65.9 Å². The van der Waals surface area contributed by atoms with Gasteiger partial charge in [-0.05, 0) is 83.2 Å². The van der Waals surface area contributed by atoms with Gasteiger partial charge >= 0.3 is 0 Å². The van der Waals surface area contributed by atoms with Crippen LogP contribution in [-0.2, 0) is 0 Å². The Morgan fingerprint density at radius 3 is 1.56 bits per heavy atom. The average Bonchev–Trinajstić information content (AvgIpc) is 4.02. The summed E-state index contributed by atoms with van der Waals surface area (Å²) >= 11 is 0. The van der Waals surface area contributed by atoms with Crippen molar-refractivity contribution in [3.63, 3.8) is 0 Å². The van der Waals surface area contributed by atoms with Crippen LogP contribution in [0.2, 0.25) is 0 Å². The fourth-order valence-corrected chi connectivity index (χ4v) is 9.74. The van der Waals surface area contributed by atoms with E-state index in [0.29, 0.717) is 0 Å². The Hall–Kier alpha value is -8.34. The van der Waals surface area contributed by atoms with Gasteiger partial charge in [-0.3, -0.25) is 0 Å². The Labute approximate surface area is 356 Å². The van der Waals surface area contributed by atoms with Gasteiger partial charge in [0.1, 0.15) is 22.3 Å². The molecule has 13 rings (SSSR count). The standard InChI is InChI=1S/C58H36N2O2/c1-2-15-43-37(13-1)14-11-24-52(43)59(40-31-27-38(28-32-40)44-20-12-21-49-47-18-5-9-25-55(47)61-57(44)49)42-35-50(58-51(36-42)48-19-6-10-26-56(48)62-58)39-29-33-41(34-30-39)60-53-22-7-3-16-45(53)46-17-4-8-23-54(46)60/h1-36H. The van der Waals surface area contributed by atoms with Crippen LogP contribution in [-0.4, -0.2) is 4.57 Å². The lowest BCUT2D eigenvalue weighted by molar-refractivity contribution is 0.669. The maximum absolute atomic E-state index is 6.76. The average molecular weight is 793 g/mol. The Balaban J connectivity index is 1.00. The summed E-state index contributed by atoms with van der Waals surface area (Å²) in [5.41, 5.74) is 14.5. The van der Waals surface area contributed by atoms with Crippen LogP contribution in [0.1, 0.15) is 0 Å². The number of aromatic nitrogens is 1. The molecule has 4 heteroatoms. The number of fused-ring (bicyclic) bond motifs is 10. The number of rotatable bonds is 6. The summed E-state index contributed by atoms with van der Waals surface area (Å²) in [6.07, 6.45) is 0. The molecule has 0 aliphatic rings. The van der Waals surface area contributed by atoms with Crippen LogP contribution in [0.4, 0.5) is 17.1 Å². The zero-order chi connectivity index (χ0) is 40.7. The van der Waals surface area contributed by atoms with Crippen LogP contribution in [0, 0.1) is 0 Å². The normalized spacial score (nSPS) is 11.9. The van der Waals surface area contributed by atoms with Crippen LogP contribution in [0.3, 0.4) is 0 Å². The van der Waals surface area contributed by atoms with Crippen molar-refractivity contribution in [2.45, 2.75) is 0 Å². The first-order valence-corrected chi connectivity index (χ1v) is 21.1. The topological polar surface area (TPSA) is 34.5 Å². The van der Waals surface area contributed by atoms with E-state index in [1.54, 1.807) is 0 Å². The predicted octanol–water partition coefficient (Wildman–Crippen LogP) is 16.5. The summed E-state index contributed by atoms with van der Waals surface area (Å²) in [7, 11) is 0. The Morgan fingerprint density at radius 1 is 0.339 bits per heavy atom. The molecule has 290 valence electrons. The van der Waals surface area contributed by atoms with Crippen LogP contribution in [0.5, 0.6) is 0 Å². The highest BCUT2D eigenvalue weighted by atomic mass is 16.3. The smallest absolute Gasteiger partial charge is 0.143 e. The number of benzene rings is 10. The quantitative estimate of drug-likeness (QED) is 0.168. The second kappa shape index (κ2) is 13.6. The summed E-state index contributed by atoms with van der Waals surface area (Å²) in [5.74, 6) is 0. The lowest BCUT2D eigenvalue weighted by Gasteiger charge is -2.28. The molecule has 0 N–H and O–H groups in total. The highest BCUT2D eigenvalue weighted by Gasteiger charge is 2.22. The van der Waals surface area contributed by atoms with E-state index in [2.05, 4.69) is 210 Å². The van der Waals surface area contributed by atoms with E-state index in [0.717, 1.165) is 88.9 Å². The molecule has 0 aliphatic carbocycles. The van der Waals surface area contributed by atoms with Crippen molar-refractivity contribution in [3.8, 4) is 27.9 Å². The zero-order valence-corrected chi connectivity index (χ0v) is 33.5. The third kappa shape index (κ3) is 5.27. The fourth-order valence-electron chi connectivity index (χ4n) is 9.74. The highest BCUT2D eigenvalue weighted by molar-refractivity contribution is 6.13. The molecule has 62 heavy (non-hydrogen) atoms. The number of furan rings is 2. The molecular weight excluding hydrogens is 757 g/mol. The van der Waals surface area contributed by atoms with Crippen LogP contribution in [0.25, 0.3) is 104 Å². The molecule has 0 aliphatic heterocycles. The van der Waals surface area contributed by atoms with Crippen LogP contribution in [0.15, 0.2) is 227 Å². The SMILES string of the molecule is c1ccc2c(N(c3ccc(-c4cccc5c4oc4ccccc45)cc3)c3cc(-c4ccc(-n5c6ccccc6c6ccccc65)cc4)c4oc5ccccc5c4c3)cccc2c1. The van der Waals surface area contributed by atoms with Crippen LogP contribution < -0.4 is 4.90 Å². The van der Waals surface area contributed by atoms with E-state index in [9.17, 15) is 0 Å². The largest absolute Gasteiger partial charge is 0.455 e. The van der Waals surface area contributed by atoms with Gasteiger partial charge in [0.15, 0.2) is 0 Å².